The highest BCUT2D eigenvalue weighted by Gasteiger charge is 2.87. The molecule has 3 atom stereocenters. The maximum absolute atomic E-state index is 6.06. The first kappa shape index (κ1) is 9.89. The zero-order chi connectivity index (χ0) is 11.1. The van der Waals surface area contributed by atoms with E-state index in [4.69, 9.17) is 4.74 Å². The fraction of sp³-hybridized carbons (Fsp3) is 0.857. The largest absolute Gasteiger partial charge is 0.362 e. The number of hydrogen-bond donors (Lipinski definition) is 0. The van der Waals surface area contributed by atoms with Crippen molar-refractivity contribution in [2.24, 2.45) is 10.8 Å². The number of fused-ring (bicyclic) bond motifs is 2. The van der Waals surface area contributed by atoms with Gasteiger partial charge in [0.05, 0.1) is 5.60 Å². The van der Waals surface area contributed by atoms with Crippen molar-refractivity contribution in [3.05, 3.63) is 11.6 Å². The molecule has 3 aliphatic rings. The average Bonchev–Trinajstić information content (AvgIpc) is 2.51. The van der Waals surface area contributed by atoms with Crippen molar-refractivity contribution in [1.29, 1.82) is 0 Å². The molecule has 0 aromatic rings. The Morgan fingerprint density at radius 3 is 2.27 bits per heavy atom. The van der Waals surface area contributed by atoms with Crippen LogP contribution in [-0.2, 0) is 4.74 Å². The van der Waals surface area contributed by atoms with Gasteiger partial charge in [-0.3, -0.25) is 0 Å². The molecule has 0 aromatic carbocycles. The third-order valence-electron chi connectivity index (χ3n) is 5.86. The lowest BCUT2D eigenvalue weighted by Crippen LogP contribution is -2.62. The molecule has 1 aliphatic heterocycles. The monoisotopic (exact) mass is 206 g/mol. The van der Waals surface area contributed by atoms with Gasteiger partial charge >= 0.3 is 0 Å². The second kappa shape index (κ2) is 2.20. The quantitative estimate of drug-likeness (QED) is 0.435. The summed E-state index contributed by atoms with van der Waals surface area (Å²) in [4.78, 5) is 0. The van der Waals surface area contributed by atoms with Gasteiger partial charge in [-0.2, -0.15) is 0 Å². The Bertz CT molecular complexity index is 368. The lowest BCUT2D eigenvalue weighted by molar-refractivity contribution is -0.0316. The van der Waals surface area contributed by atoms with Gasteiger partial charge in [-0.05, 0) is 45.4 Å². The zero-order valence-corrected chi connectivity index (χ0v) is 10.6. The molecule has 2 aliphatic carbocycles. The Labute approximate surface area is 92.9 Å². The van der Waals surface area contributed by atoms with E-state index in [-0.39, 0.29) is 11.2 Å². The van der Waals surface area contributed by atoms with Crippen molar-refractivity contribution >= 4 is 0 Å². The summed E-state index contributed by atoms with van der Waals surface area (Å²) in [5.74, 6) is 0. The summed E-state index contributed by atoms with van der Waals surface area (Å²) in [5, 5.41) is 0. The minimum Gasteiger partial charge on any atom is -0.362 e. The van der Waals surface area contributed by atoms with Crippen LogP contribution in [0, 0.1) is 10.8 Å². The number of ether oxygens (including phenoxy) is 1. The van der Waals surface area contributed by atoms with Crippen molar-refractivity contribution in [2.45, 2.75) is 65.1 Å². The molecular formula is C14H22O. The SMILES string of the molecule is CC1=CCCC(C)(C)C12CC1(C)OC12C. The van der Waals surface area contributed by atoms with Crippen LogP contribution in [0.5, 0.6) is 0 Å². The van der Waals surface area contributed by atoms with Crippen LogP contribution in [0.3, 0.4) is 0 Å². The van der Waals surface area contributed by atoms with Crippen molar-refractivity contribution in [2.75, 3.05) is 0 Å². The Morgan fingerprint density at radius 2 is 1.87 bits per heavy atom. The molecule has 1 heteroatoms. The van der Waals surface area contributed by atoms with Crippen molar-refractivity contribution in [3.63, 3.8) is 0 Å². The van der Waals surface area contributed by atoms with Gasteiger partial charge in [0.2, 0.25) is 0 Å². The first-order valence-electron chi connectivity index (χ1n) is 6.17. The lowest BCUT2D eigenvalue weighted by atomic mass is 9.41. The van der Waals surface area contributed by atoms with Crippen molar-refractivity contribution < 1.29 is 4.74 Å². The number of rotatable bonds is 0. The predicted octanol–water partition coefficient (Wildman–Crippen LogP) is 3.69. The summed E-state index contributed by atoms with van der Waals surface area (Å²) >= 11 is 0. The summed E-state index contributed by atoms with van der Waals surface area (Å²) in [6, 6.07) is 0. The first-order chi connectivity index (χ1) is 6.79. The van der Waals surface area contributed by atoms with Gasteiger partial charge in [0.15, 0.2) is 0 Å². The second-order valence-corrected chi connectivity index (χ2v) is 6.76. The molecule has 1 spiro atoms. The van der Waals surface area contributed by atoms with E-state index in [0.29, 0.717) is 10.8 Å². The van der Waals surface area contributed by atoms with E-state index in [1.807, 2.05) is 0 Å². The number of allylic oxidation sites excluding steroid dienone is 1. The molecule has 2 fully saturated rings. The Balaban J connectivity index is 2.11. The standard InChI is InChI=1S/C14H22O/c1-10-7-6-8-11(2,3)14(10)9-12(4)13(14,5)15-12/h7H,6,8-9H2,1-5H3. The Kier molecular flexibility index (Phi) is 1.45. The van der Waals surface area contributed by atoms with E-state index in [1.165, 1.54) is 19.3 Å². The molecule has 1 saturated heterocycles. The van der Waals surface area contributed by atoms with Crippen molar-refractivity contribution in [1.82, 2.24) is 0 Å². The van der Waals surface area contributed by atoms with Crippen LogP contribution >= 0.6 is 0 Å². The number of epoxide rings is 1. The maximum Gasteiger partial charge on any atom is 0.105 e. The van der Waals surface area contributed by atoms with Gasteiger partial charge < -0.3 is 4.74 Å². The van der Waals surface area contributed by atoms with Gasteiger partial charge in [-0.1, -0.05) is 25.5 Å². The van der Waals surface area contributed by atoms with Gasteiger partial charge in [0, 0.05) is 5.41 Å². The lowest BCUT2D eigenvalue weighted by Gasteiger charge is -2.59. The molecule has 15 heavy (non-hydrogen) atoms. The maximum atomic E-state index is 6.06. The summed E-state index contributed by atoms with van der Waals surface area (Å²) in [6.07, 6.45) is 6.22. The molecule has 1 heterocycles. The van der Waals surface area contributed by atoms with Crippen LogP contribution in [0.25, 0.3) is 0 Å². The minimum atomic E-state index is 0.129. The molecule has 0 amide bonds. The topological polar surface area (TPSA) is 12.5 Å². The highest BCUT2D eigenvalue weighted by molar-refractivity contribution is 5.43. The predicted molar refractivity (Wildman–Crippen MR) is 61.7 cm³/mol. The molecule has 0 aromatic heterocycles. The van der Waals surface area contributed by atoms with E-state index in [1.54, 1.807) is 5.57 Å². The molecule has 1 nitrogen and oxygen atoms in total. The van der Waals surface area contributed by atoms with E-state index in [2.05, 4.69) is 40.7 Å². The van der Waals surface area contributed by atoms with Gasteiger partial charge in [0.25, 0.3) is 0 Å². The van der Waals surface area contributed by atoms with Crippen LogP contribution in [-0.4, -0.2) is 11.2 Å². The smallest absolute Gasteiger partial charge is 0.105 e. The van der Waals surface area contributed by atoms with E-state index >= 15 is 0 Å². The van der Waals surface area contributed by atoms with Gasteiger partial charge in [-0.25, -0.2) is 0 Å². The van der Waals surface area contributed by atoms with Gasteiger partial charge in [-0.15, -0.1) is 0 Å². The molecule has 84 valence electrons. The van der Waals surface area contributed by atoms with Crippen LogP contribution < -0.4 is 0 Å². The van der Waals surface area contributed by atoms with E-state index in [0.717, 1.165) is 0 Å². The van der Waals surface area contributed by atoms with E-state index in [9.17, 15) is 0 Å². The normalized spacial score (nSPS) is 55.7. The Morgan fingerprint density at radius 1 is 1.20 bits per heavy atom. The zero-order valence-electron chi connectivity index (χ0n) is 10.6. The highest BCUT2D eigenvalue weighted by atomic mass is 16.6. The summed E-state index contributed by atoms with van der Waals surface area (Å²) in [5.41, 5.74) is 2.63. The third kappa shape index (κ3) is 0.759. The van der Waals surface area contributed by atoms with Crippen LogP contribution in [0.2, 0.25) is 0 Å². The van der Waals surface area contributed by atoms with E-state index < -0.39 is 0 Å². The molecule has 3 unspecified atom stereocenters. The molecule has 0 N–H and O–H groups in total. The fourth-order valence-electron chi connectivity index (χ4n) is 4.71. The summed E-state index contributed by atoms with van der Waals surface area (Å²) in [7, 11) is 0. The molecular weight excluding hydrogens is 184 g/mol. The molecule has 0 radical (unpaired) electrons. The highest BCUT2D eigenvalue weighted by Crippen LogP contribution is 2.81. The van der Waals surface area contributed by atoms with Gasteiger partial charge in [0.1, 0.15) is 5.60 Å². The summed E-state index contributed by atoms with van der Waals surface area (Å²) in [6.45, 7) is 11.8. The van der Waals surface area contributed by atoms with Crippen molar-refractivity contribution in [3.8, 4) is 0 Å². The third-order valence-corrected chi connectivity index (χ3v) is 5.86. The van der Waals surface area contributed by atoms with Crippen LogP contribution in [0.4, 0.5) is 0 Å². The summed E-state index contributed by atoms with van der Waals surface area (Å²) < 4.78 is 6.06. The minimum absolute atomic E-state index is 0.129. The van der Waals surface area contributed by atoms with Crippen LogP contribution in [0.15, 0.2) is 11.6 Å². The van der Waals surface area contributed by atoms with Crippen LogP contribution in [0.1, 0.15) is 53.9 Å². The second-order valence-electron chi connectivity index (χ2n) is 6.76. The first-order valence-corrected chi connectivity index (χ1v) is 6.17. The fourth-order valence-corrected chi connectivity index (χ4v) is 4.71. The molecule has 1 saturated carbocycles. The number of hydrogen-bond acceptors (Lipinski definition) is 1. The Hall–Kier alpha value is -0.300. The average molecular weight is 206 g/mol. The molecule has 0 bridgehead atoms. The molecule has 3 rings (SSSR count).